The minimum Gasteiger partial charge on any atom is -0.373 e. The predicted molar refractivity (Wildman–Crippen MR) is 91.5 cm³/mol. The number of carbonyl (C=O) groups is 1. The third-order valence-electron chi connectivity index (χ3n) is 4.43. The molecule has 0 aliphatic carbocycles. The summed E-state index contributed by atoms with van der Waals surface area (Å²) in [7, 11) is 0. The number of carbonyl (C=O) groups excluding carboxylic acids is 1. The highest BCUT2D eigenvalue weighted by atomic mass is 16.5. The van der Waals surface area contributed by atoms with Crippen LogP contribution in [-0.2, 0) is 9.53 Å². The van der Waals surface area contributed by atoms with Crippen molar-refractivity contribution in [2.75, 3.05) is 0 Å². The van der Waals surface area contributed by atoms with Crippen molar-refractivity contribution in [1.29, 1.82) is 0 Å². The van der Waals surface area contributed by atoms with E-state index in [4.69, 9.17) is 9.26 Å². The fourth-order valence-electron chi connectivity index (χ4n) is 2.93. The average Bonchev–Trinajstić information content (AvgIpc) is 2.96. The molecule has 24 heavy (non-hydrogen) atoms. The van der Waals surface area contributed by atoms with E-state index in [-0.39, 0.29) is 30.1 Å². The SMILES string of the molecule is C=CC[C@@H]1O[C@H](C)[C@H](NC(=O)/C=C\C(C)c2noc(C)n2)C[C@@H]1C. The molecule has 1 aromatic rings. The fourth-order valence-corrected chi connectivity index (χ4v) is 2.93. The summed E-state index contributed by atoms with van der Waals surface area (Å²) >= 11 is 0. The van der Waals surface area contributed by atoms with Gasteiger partial charge in [0.2, 0.25) is 11.8 Å². The average molecular weight is 333 g/mol. The van der Waals surface area contributed by atoms with Crippen molar-refractivity contribution in [3.8, 4) is 0 Å². The quantitative estimate of drug-likeness (QED) is 0.640. The first-order valence-electron chi connectivity index (χ1n) is 8.46. The predicted octanol–water partition coefficient (Wildman–Crippen LogP) is 2.91. The van der Waals surface area contributed by atoms with Crippen LogP contribution >= 0.6 is 0 Å². The lowest BCUT2D eigenvalue weighted by atomic mass is 9.88. The number of ether oxygens (including phenoxy) is 1. The van der Waals surface area contributed by atoms with E-state index in [0.29, 0.717) is 17.6 Å². The smallest absolute Gasteiger partial charge is 0.243 e. The number of aromatic nitrogens is 2. The fraction of sp³-hybridized carbons (Fsp3) is 0.611. The molecule has 0 radical (unpaired) electrons. The van der Waals surface area contributed by atoms with Gasteiger partial charge in [-0.25, -0.2) is 0 Å². The van der Waals surface area contributed by atoms with Gasteiger partial charge in [0.05, 0.1) is 18.2 Å². The molecule has 2 heterocycles. The van der Waals surface area contributed by atoms with E-state index in [1.54, 1.807) is 13.0 Å². The molecule has 1 unspecified atom stereocenters. The van der Waals surface area contributed by atoms with Crippen LogP contribution in [-0.4, -0.2) is 34.3 Å². The van der Waals surface area contributed by atoms with Crippen molar-refractivity contribution in [3.63, 3.8) is 0 Å². The van der Waals surface area contributed by atoms with Gasteiger partial charge in [0.15, 0.2) is 5.82 Å². The number of amides is 1. The van der Waals surface area contributed by atoms with E-state index in [2.05, 4.69) is 29.0 Å². The first-order valence-corrected chi connectivity index (χ1v) is 8.46. The van der Waals surface area contributed by atoms with Gasteiger partial charge in [0.25, 0.3) is 0 Å². The van der Waals surface area contributed by atoms with Gasteiger partial charge in [-0.1, -0.05) is 31.2 Å². The minimum absolute atomic E-state index is 0.0132. The van der Waals surface area contributed by atoms with Crippen molar-refractivity contribution in [3.05, 3.63) is 36.5 Å². The molecular weight excluding hydrogens is 306 g/mol. The van der Waals surface area contributed by atoms with Crippen LogP contribution in [0.15, 0.2) is 29.3 Å². The monoisotopic (exact) mass is 333 g/mol. The van der Waals surface area contributed by atoms with Crippen LogP contribution in [0.25, 0.3) is 0 Å². The zero-order valence-electron chi connectivity index (χ0n) is 14.9. The van der Waals surface area contributed by atoms with Crippen LogP contribution in [0.1, 0.15) is 51.2 Å². The number of rotatable bonds is 6. The second kappa shape index (κ2) is 8.24. The summed E-state index contributed by atoms with van der Waals surface area (Å²) in [6.45, 7) is 11.6. The highest BCUT2D eigenvalue weighted by Gasteiger charge is 2.33. The lowest BCUT2D eigenvalue weighted by Gasteiger charge is -2.39. The molecule has 1 fully saturated rings. The first kappa shape index (κ1) is 18.4. The van der Waals surface area contributed by atoms with Crippen LogP contribution in [0, 0.1) is 12.8 Å². The Labute approximate surface area is 143 Å². The van der Waals surface area contributed by atoms with Gasteiger partial charge in [0, 0.05) is 12.8 Å². The number of hydrogen-bond donors (Lipinski definition) is 1. The molecule has 1 aliphatic rings. The Balaban J connectivity index is 1.87. The molecule has 1 amide bonds. The topological polar surface area (TPSA) is 77.2 Å². The summed E-state index contributed by atoms with van der Waals surface area (Å²) in [6, 6.07) is 0.0148. The van der Waals surface area contributed by atoms with E-state index in [1.807, 2.05) is 19.9 Å². The van der Waals surface area contributed by atoms with Crippen LogP contribution in [0.2, 0.25) is 0 Å². The number of aryl methyl sites for hydroxylation is 1. The van der Waals surface area contributed by atoms with Crippen LogP contribution < -0.4 is 5.32 Å². The van der Waals surface area contributed by atoms with Gasteiger partial charge < -0.3 is 14.6 Å². The Morgan fingerprint density at radius 1 is 1.50 bits per heavy atom. The minimum atomic E-state index is -0.128. The van der Waals surface area contributed by atoms with E-state index in [1.165, 1.54) is 6.08 Å². The highest BCUT2D eigenvalue weighted by Crippen LogP contribution is 2.27. The molecule has 0 aromatic carbocycles. The lowest BCUT2D eigenvalue weighted by molar-refractivity contribution is -0.123. The largest absolute Gasteiger partial charge is 0.373 e. The van der Waals surface area contributed by atoms with Gasteiger partial charge in [-0.15, -0.1) is 6.58 Å². The standard InChI is InChI=1S/C18H27N3O3/c1-6-7-16-12(3)10-15(13(4)23-16)20-17(22)9-8-11(2)18-19-14(5)24-21-18/h6,8-9,11-13,15-16H,1,7,10H2,2-5H3,(H,20,22)/b9-8-/t11?,12-,13+,15+,16-/m0/s1. The van der Waals surface area contributed by atoms with E-state index in [0.717, 1.165) is 12.8 Å². The summed E-state index contributed by atoms with van der Waals surface area (Å²) in [5.41, 5.74) is 0. The Kier molecular flexibility index (Phi) is 6.31. The summed E-state index contributed by atoms with van der Waals surface area (Å²) in [4.78, 5) is 16.3. The molecular formula is C18H27N3O3. The molecule has 1 N–H and O–H groups in total. The van der Waals surface area contributed by atoms with Crippen LogP contribution in [0.5, 0.6) is 0 Å². The molecule has 1 aliphatic heterocycles. The molecule has 1 saturated heterocycles. The molecule has 6 nitrogen and oxygen atoms in total. The molecule has 0 saturated carbocycles. The van der Waals surface area contributed by atoms with E-state index < -0.39 is 0 Å². The Hall–Kier alpha value is -1.95. The summed E-state index contributed by atoms with van der Waals surface area (Å²) in [5.74, 6) is 1.27. The van der Waals surface area contributed by atoms with Gasteiger partial charge in [0.1, 0.15) is 0 Å². The Bertz CT molecular complexity index is 596. The first-order chi connectivity index (χ1) is 11.4. The van der Waals surface area contributed by atoms with Crippen molar-refractivity contribution in [2.24, 2.45) is 5.92 Å². The van der Waals surface area contributed by atoms with Crippen LogP contribution in [0.4, 0.5) is 0 Å². The second-order valence-corrected chi connectivity index (χ2v) is 6.55. The van der Waals surface area contributed by atoms with Crippen molar-refractivity contribution in [1.82, 2.24) is 15.5 Å². The maximum Gasteiger partial charge on any atom is 0.243 e. The summed E-state index contributed by atoms with van der Waals surface area (Å²) < 4.78 is 11.0. The molecule has 1 aromatic heterocycles. The van der Waals surface area contributed by atoms with Gasteiger partial charge in [-0.05, 0) is 31.8 Å². The van der Waals surface area contributed by atoms with Crippen molar-refractivity contribution < 1.29 is 14.1 Å². The highest BCUT2D eigenvalue weighted by molar-refractivity contribution is 5.87. The van der Waals surface area contributed by atoms with Gasteiger partial charge in [-0.3, -0.25) is 4.79 Å². The molecule has 5 atom stereocenters. The molecule has 132 valence electrons. The second-order valence-electron chi connectivity index (χ2n) is 6.55. The maximum atomic E-state index is 12.2. The number of hydrogen-bond acceptors (Lipinski definition) is 5. The lowest BCUT2D eigenvalue weighted by Crippen LogP contribution is -2.50. The molecule has 0 spiro atoms. The zero-order valence-corrected chi connectivity index (χ0v) is 14.9. The van der Waals surface area contributed by atoms with Crippen molar-refractivity contribution >= 4 is 5.91 Å². The third kappa shape index (κ3) is 4.77. The molecule has 0 bridgehead atoms. The number of nitrogens with zero attached hydrogens (tertiary/aromatic N) is 2. The summed E-state index contributed by atoms with van der Waals surface area (Å²) in [6.07, 6.45) is 7.11. The molecule has 6 heteroatoms. The summed E-state index contributed by atoms with van der Waals surface area (Å²) in [5, 5.41) is 6.89. The maximum absolute atomic E-state index is 12.2. The number of allylic oxidation sites excluding steroid dienone is 1. The Morgan fingerprint density at radius 2 is 2.25 bits per heavy atom. The van der Waals surface area contributed by atoms with E-state index in [9.17, 15) is 4.79 Å². The number of nitrogens with one attached hydrogen (secondary N) is 1. The zero-order chi connectivity index (χ0) is 17.7. The van der Waals surface area contributed by atoms with Crippen LogP contribution in [0.3, 0.4) is 0 Å². The van der Waals surface area contributed by atoms with Gasteiger partial charge in [-0.2, -0.15) is 4.98 Å². The third-order valence-corrected chi connectivity index (χ3v) is 4.43. The Morgan fingerprint density at radius 3 is 2.88 bits per heavy atom. The molecule has 2 rings (SSSR count). The normalized spacial score (nSPS) is 28.7. The van der Waals surface area contributed by atoms with Gasteiger partial charge >= 0.3 is 0 Å². The van der Waals surface area contributed by atoms with E-state index >= 15 is 0 Å². The van der Waals surface area contributed by atoms with Crippen molar-refractivity contribution in [2.45, 2.75) is 64.7 Å².